The molecule has 27 heavy (non-hydrogen) atoms. The molecule has 4 nitrogen and oxygen atoms in total. The maximum Gasteiger partial charge on any atom is 0.263 e. The van der Waals surface area contributed by atoms with Gasteiger partial charge in [-0.2, -0.15) is 0 Å². The Labute approximate surface area is 160 Å². The zero-order valence-electron chi connectivity index (χ0n) is 14.8. The molecule has 0 saturated heterocycles. The molecule has 6 heteroatoms. The van der Waals surface area contributed by atoms with Crippen LogP contribution in [0.4, 0.5) is 4.39 Å². The number of halogens is 1. The van der Waals surface area contributed by atoms with Crippen LogP contribution in [0.15, 0.2) is 60.8 Å². The molecule has 0 fully saturated rings. The highest BCUT2D eigenvalue weighted by atomic mass is 32.1. The van der Waals surface area contributed by atoms with Gasteiger partial charge in [0.05, 0.1) is 5.69 Å². The molecular formula is C21H18FN3OS. The summed E-state index contributed by atoms with van der Waals surface area (Å²) in [7, 11) is 0. The molecule has 0 bridgehead atoms. The lowest BCUT2D eigenvalue weighted by Crippen LogP contribution is -2.25. The third-order valence-corrected chi connectivity index (χ3v) is 5.60. The number of aryl methyl sites for hydroxylation is 1. The number of carbonyl (C=O) groups excluding carboxylic acids is 1. The molecule has 1 N–H and O–H groups in total. The summed E-state index contributed by atoms with van der Waals surface area (Å²) in [4.78, 5) is 18.6. The fraction of sp³-hybridized carbons (Fsp3) is 0.143. The van der Waals surface area contributed by atoms with Gasteiger partial charge in [-0.1, -0.05) is 53.8 Å². The fourth-order valence-electron chi connectivity index (χ4n) is 2.96. The lowest BCUT2D eigenvalue weighted by molar-refractivity contribution is 0.0957. The summed E-state index contributed by atoms with van der Waals surface area (Å²) in [6.45, 7) is 2.42. The van der Waals surface area contributed by atoms with Gasteiger partial charge in [-0.05, 0) is 31.0 Å². The van der Waals surface area contributed by atoms with Crippen molar-refractivity contribution in [3.05, 3.63) is 82.7 Å². The Morgan fingerprint density at radius 3 is 2.59 bits per heavy atom. The van der Waals surface area contributed by atoms with E-state index in [1.807, 2.05) is 47.9 Å². The van der Waals surface area contributed by atoms with E-state index >= 15 is 0 Å². The number of fused-ring (bicyclic) bond motifs is 1. The average Bonchev–Trinajstić information content (AvgIpc) is 3.24. The normalized spacial score (nSPS) is 11.0. The minimum absolute atomic E-state index is 0.105. The topological polar surface area (TPSA) is 46.4 Å². The van der Waals surface area contributed by atoms with Crippen molar-refractivity contribution in [2.75, 3.05) is 6.54 Å². The molecule has 0 unspecified atom stereocenters. The minimum Gasteiger partial charge on any atom is -0.351 e. The van der Waals surface area contributed by atoms with Gasteiger partial charge in [0.15, 0.2) is 4.96 Å². The Hall–Kier alpha value is -2.99. The summed E-state index contributed by atoms with van der Waals surface area (Å²) in [5.74, 6) is -0.360. The second kappa shape index (κ2) is 7.32. The van der Waals surface area contributed by atoms with Crippen LogP contribution in [0.1, 0.15) is 20.9 Å². The molecule has 2 heterocycles. The Bertz CT molecular complexity index is 1080. The molecule has 0 radical (unpaired) electrons. The van der Waals surface area contributed by atoms with Gasteiger partial charge >= 0.3 is 0 Å². The first kappa shape index (κ1) is 17.4. The summed E-state index contributed by atoms with van der Waals surface area (Å²) in [6.07, 6.45) is 2.62. The Morgan fingerprint density at radius 1 is 1.15 bits per heavy atom. The average molecular weight is 379 g/mol. The van der Waals surface area contributed by atoms with Crippen LogP contribution in [0.3, 0.4) is 0 Å². The first-order valence-corrected chi connectivity index (χ1v) is 9.50. The summed E-state index contributed by atoms with van der Waals surface area (Å²) in [6, 6.07) is 16.3. The van der Waals surface area contributed by atoms with Crippen LogP contribution < -0.4 is 5.32 Å². The fourth-order valence-corrected chi connectivity index (χ4v) is 3.99. The number of imidazole rings is 1. The third-order valence-electron chi connectivity index (χ3n) is 4.45. The molecule has 0 aliphatic heterocycles. The molecule has 1 amide bonds. The van der Waals surface area contributed by atoms with E-state index in [1.165, 1.54) is 23.5 Å². The highest BCUT2D eigenvalue weighted by Gasteiger charge is 2.17. The van der Waals surface area contributed by atoms with Crippen LogP contribution >= 0.6 is 11.3 Å². The molecule has 2 aromatic carbocycles. The van der Waals surface area contributed by atoms with Crippen LogP contribution in [-0.2, 0) is 6.42 Å². The second-order valence-electron chi connectivity index (χ2n) is 6.29. The molecule has 0 atom stereocenters. The second-order valence-corrected chi connectivity index (χ2v) is 7.27. The summed E-state index contributed by atoms with van der Waals surface area (Å²) in [5.41, 5.74) is 3.82. The molecule has 0 saturated carbocycles. The zero-order chi connectivity index (χ0) is 18.8. The van der Waals surface area contributed by atoms with Gasteiger partial charge in [0, 0.05) is 24.0 Å². The zero-order valence-corrected chi connectivity index (χ0v) is 15.6. The number of hydrogen-bond donors (Lipinski definition) is 1. The number of aromatic nitrogens is 2. The van der Waals surface area contributed by atoms with E-state index < -0.39 is 0 Å². The van der Waals surface area contributed by atoms with E-state index in [4.69, 9.17) is 0 Å². The van der Waals surface area contributed by atoms with Crippen molar-refractivity contribution in [3.63, 3.8) is 0 Å². The van der Waals surface area contributed by atoms with Crippen LogP contribution in [0.5, 0.6) is 0 Å². The SMILES string of the molecule is Cc1c(C(=O)NCCc2ccc(F)cc2)sc2nc(-c3ccccc3)cn12. The number of nitrogens with zero attached hydrogens (tertiary/aromatic N) is 2. The van der Waals surface area contributed by atoms with Gasteiger partial charge in [0.25, 0.3) is 5.91 Å². The van der Waals surface area contributed by atoms with Gasteiger partial charge in [-0.15, -0.1) is 0 Å². The molecule has 0 aliphatic carbocycles. The summed E-state index contributed by atoms with van der Waals surface area (Å²) in [5, 5.41) is 2.94. The highest BCUT2D eigenvalue weighted by molar-refractivity contribution is 7.19. The Balaban J connectivity index is 1.46. The van der Waals surface area contributed by atoms with Crippen LogP contribution in [0.25, 0.3) is 16.2 Å². The van der Waals surface area contributed by atoms with E-state index in [-0.39, 0.29) is 11.7 Å². The van der Waals surface area contributed by atoms with E-state index in [1.54, 1.807) is 12.1 Å². The van der Waals surface area contributed by atoms with Crippen molar-refractivity contribution in [1.29, 1.82) is 0 Å². The number of rotatable bonds is 5. The van der Waals surface area contributed by atoms with Crippen molar-refractivity contribution in [1.82, 2.24) is 14.7 Å². The number of thiazole rings is 1. The predicted molar refractivity (Wildman–Crippen MR) is 106 cm³/mol. The minimum atomic E-state index is -0.254. The van der Waals surface area contributed by atoms with Gasteiger partial charge in [-0.25, -0.2) is 9.37 Å². The number of benzene rings is 2. The molecule has 0 aliphatic rings. The number of carbonyl (C=O) groups is 1. The van der Waals surface area contributed by atoms with Gasteiger partial charge in [0.1, 0.15) is 10.7 Å². The maximum atomic E-state index is 12.9. The number of nitrogens with one attached hydrogen (secondary N) is 1. The number of amides is 1. The molecule has 4 rings (SSSR count). The van der Waals surface area contributed by atoms with E-state index in [2.05, 4.69) is 10.3 Å². The first-order chi connectivity index (χ1) is 13.1. The molecule has 4 aromatic rings. The van der Waals surface area contributed by atoms with Crippen LogP contribution in [0.2, 0.25) is 0 Å². The van der Waals surface area contributed by atoms with Gasteiger partial charge in [0.2, 0.25) is 0 Å². The van der Waals surface area contributed by atoms with Crippen molar-refractivity contribution >= 4 is 22.2 Å². The van der Waals surface area contributed by atoms with Crippen LogP contribution in [0, 0.1) is 12.7 Å². The monoisotopic (exact) mass is 379 g/mol. The van der Waals surface area contributed by atoms with Crippen molar-refractivity contribution in [2.24, 2.45) is 0 Å². The predicted octanol–water partition coefficient (Wildman–Crippen LogP) is 4.48. The van der Waals surface area contributed by atoms with Gasteiger partial charge in [-0.3, -0.25) is 9.20 Å². The molecule has 136 valence electrons. The van der Waals surface area contributed by atoms with Crippen molar-refractivity contribution < 1.29 is 9.18 Å². The molecule has 2 aromatic heterocycles. The van der Waals surface area contributed by atoms with Crippen molar-refractivity contribution in [3.8, 4) is 11.3 Å². The smallest absolute Gasteiger partial charge is 0.263 e. The standard InChI is InChI=1S/C21H18FN3OS/c1-14-19(20(26)23-12-11-15-7-9-17(22)10-8-15)27-21-24-18(13-25(14)21)16-5-3-2-4-6-16/h2-10,13H,11-12H2,1H3,(H,23,26). The molecule has 0 spiro atoms. The third kappa shape index (κ3) is 3.61. The highest BCUT2D eigenvalue weighted by Crippen LogP contribution is 2.27. The molecular weight excluding hydrogens is 361 g/mol. The lowest BCUT2D eigenvalue weighted by Gasteiger charge is -2.05. The summed E-state index contributed by atoms with van der Waals surface area (Å²) < 4.78 is 14.9. The van der Waals surface area contributed by atoms with Crippen LogP contribution in [-0.4, -0.2) is 21.8 Å². The van der Waals surface area contributed by atoms with Crippen molar-refractivity contribution in [2.45, 2.75) is 13.3 Å². The Morgan fingerprint density at radius 2 is 1.89 bits per heavy atom. The quantitative estimate of drug-likeness (QED) is 0.556. The first-order valence-electron chi connectivity index (χ1n) is 8.68. The Kier molecular flexibility index (Phi) is 4.73. The largest absolute Gasteiger partial charge is 0.351 e. The van der Waals surface area contributed by atoms with E-state index in [0.717, 1.165) is 27.5 Å². The lowest BCUT2D eigenvalue weighted by atomic mass is 10.1. The summed E-state index contributed by atoms with van der Waals surface area (Å²) >= 11 is 1.39. The van der Waals surface area contributed by atoms with E-state index in [9.17, 15) is 9.18 Å². The number of hydrogen-bond acceptors (Lipinski definition) is 3. The van der Waals surface area contributed by atoms with Gasteiger partial charge < -0.3 is 5.32 Å². The maximum absolute atomic E-state index is 12.9. The van der Waals surface area contributed by atoms with E-state index in [0.29, 0.717) is 17.8 Å².